The molecule has 1 aromatic heterocycles. The van der Waals surface area contributed by atoms with Crippen LogP contribution in [0, 0.1) is 18.8 Å². The standard InChI is InChI=1S/C14H25N3/c1-5-17-13(8-11(3)16-17)9-15-14-7-6-10(2)12(14)4/h8,10,12,14-15H,5-7,9H2,1-4H3. The Balaban J connectivity index is 1.93. The Kier molecular flexibility index (Phi) is 3.87. The van der Waals surface area contributed by atoms with Crippen LogP contribution in [0.5, 0.6) is 0 Å². The van der Waals surface area contributed by atoms with Gasteiger partial charge in [0.15, 0.2) is 0 Å². The summed E-state index contributed by atoms with van der Waals surface area (Å²) >= 11 is 0. The van der Waals surface area contributed by atoms with E-state index in [1.807, 2.05) is 0 Å². The summed E-state index contributed by atoms with van der Waals surface area (Å²) in [6, 6.07) is 2.88. The average Bonchev–Trinajstić information content (AvgIpc) is 2.82. The largest absolute Gasteiger partial charge is 0.308 e. The van der Waals surface area contributed by atoms with Crippen LogP contribution in [0.1, 0.15) is 45.0 Å². The fourth-order valence-electron chi connectivity index (χ4n) is 2.90. The molecule has 1 aliphatic carbocycles. The second-order valence-electron chi connectivity index (χ2n) is 5.49. The number of aryl methyl sites for hydroxylation is 2. The number of aromatic nitrogens is 2. The van der Waals surface area contributed by atoms with Crippen LogP contribution in [0.4, 0.5) is 0 Å². The first-order valence-corrected chi connectivity index (χ1v) is 6.88. The molecule has 0 amide bonds. The van der Waals surface area contributed by atoms with E-state index in [2.05, 4.69) is 48.9 Å². The van der Waals surface area contributed by atoms with Crippen LogP contribution >= 0.6 is 0 Å². The molecule has 1 N–H and O–H groups in total. The molecule has 0 aromatic carbocycles. The molecule has 0 aliphatic heterocycles. The zero-order valence-electron chi connectivity index (χ0n) is 11.5. The van der Waals surface area contributed by atoms with Gasteiger partial charge in [0.1, 0.15) is 0 Å². The van der Waals surface area contributed by atoms with Gasteiger partial charge in [0.2, 0.25) is 0 Å². The smallest absolute Gasteiger partial charge is 0.0597 e. The molecule has 0 radical (unpaired) electrons. The van der Waals surface area contributed by atoms with Gasteiger partial charge in [0, 0.05) is 19.1 Å². The second kappa shape index (κ2) is 5.21. The maximum atomic E-state index is 4.48. The van der Waals surface area contributed by atoms with Crippen LogP contribution in [0.15, 0.2) is 6.07 Å². The molecule has 0 saturated heterocycles. The maximum absolute atomic E-state index is 4.48. The van der Waals surface area contributed by atoms with Gasteiger partial charge >= 0.3 is 0 Å². The minimum absolute atomic E-state index is 0.686. The maximum Gasteiger partial charge on any atom is 0.0597 e. The highest BCUT2D eigenvalue weighted by atomic mass is 15.3. The van der Waals surface area contributed by atoms with Crippen molar-refractivity contribution >= 4 is 0 Å². The number of nitrogens with zero attached hydrogens (tertiary/aromatic N) is 2. The molecule has 1 heterocycles. The topological polar surface area (TPSA) is 29.9 Å². The fraction of sp³-hybridized carbons (Fsp3) is 0.786. The van der Waals surface area contributed by atoms with E-state index in [1.165, 1.54) is 18.5 Å². The quantitative estimate of drug-likeness (QED) is 0.869. The molecule has 0 bridgehead atoms. The summed E-state index contributed by atoms with van der Waals surface area (Å²) in [6.07, 6.45) is 2.69. The molecule has 17 heavy (non-hydrogen) atoms. The number of nitrogens with one attached hydrogen (secondary N) is 1. The van der Waals surface area contributed by atoms with Crippen molar-refractivity contribution in [1.82, 2.24) is 15.1 Å². The Hall–Kier alpha value is -0.830. The third kappa shape index (κ3) is 2.71. The molecule has 96 valence electrons. The Morgan fingerprint density at radius 1 is 1.41 bits per heavy atom. The van der Waals surface area contributed by atoms with Gasteiger partial charge in [-0.25, -0.2) is 0 Å². The van der Waals surface area contributed by atoms with Crippen LogP contribution < -0.4 is 5.32 Å². The van der Waals surface area contributed by atoms with Crippen LogP contribution in [0.25, 0.3) is 0 Å². The minimum atomic E-state index is 0.686. The number of hydrogen-bond acceptors (Lipinski definition) is 2. The second-order valence-corrected chi connectivity index (χ2v) is 5.49. The Morgan fingerprint density at radius 3 is 2.76 bits per heavy atom. The highest BCUT2D eigenvalue weighted by molar-refractivity contribution is 5.09. The number of hydrogen-bond donors (Lipinski definition) is 1. The van der Waals surface area contributed by atoms with Gasteiger partial charge in [-0.2, -0.15) is 5.10 Å². The average molecular weight is 235 g/mol. The molecule has 3 nitrogen and oxygen atoms in total. The van der Waals surface area contributed by atoms with Crippen LogP contribution in [-0.2, 0) is 13.1 Å². The molecule has 2 rings (SSSR count). The Morgan fingerprint density at radius 2 is 2.18 bits per heavy atom. The lowest BCUT2D eigenvalue weighted by Crippen LogP contribution is -2.32. The Bertz CT molecular complexity index is 370. The van der Waals surface area contributed by atoms with Gasteiger partial charge in [-0.15, -0.1) is 0 Å². The normalized spacial score (nSPS) is 28.8. The van der Waals surface area contributed by atoms with Crippen molar-refractivity contribution in [2.24, 2.45) is 11.8 Å². The van der Waals surface area contributed by atoms with Gasteiger partial charge < -0.3 is 5.32 Å². The fourth-order valence-corrected chi connectivity index (χ4v) is 2.90. The molecule has 1 aromatic rings. The summed E-state index contributed by atoms with van der Waals surface area (Å²) in [5.41, 5.74) is 2.44. The first-order valence-electron chi connectivity index (χ1n) is 6.88. The molecule has 0 spiro atoms. The number of rotatable bonds is 4. The predicted molar refractivity (Wildman–Crippen MR) is 70.8 cm³/mol. The lowest BCUT2D eigenvalue weighted by Gasteiger charge is -2.19. The van der Waals surface area contributed by atoms with E-state index in [0.29, 0.717) is 6.04 Å². The summed E-state index contributed by atoms with van der Waals surface area (Å²) in [7, 11) is 0. The zero-order valence-corrected chi connectivity index (χ0v) is 11.5. The van der Waals surface area contributed by atoms with Crippen molar-refractivity contribution in [1.29, 1.82) is 0 Å². The molecule has 3 unspecified atom stereocenters. The summed E-state index contributed by atoms with van der Waals surface area (Å²) in [5, 5.41) is 8.19. The van der Waals surface area contributed by atoms with Crippen molar-refractivity contribution in [2.75, 3.05) is 0 Å². The van der Waals surface area contributed by atoms with Crippen molar-refractivity contribution in [3.8, 4) is 0 Å². The molecule has 1 saturated carbocycles. The SMILES string of the molecule is CCn1nc(C)cc1CNC1CCC(C)C1C. The Labute approximate surface area is 105 Å². The van der Waals surface area contributed by atoms with Gasteiger partial charge in [-0.05, 0) is 44.6 Å². The third-order valence-electron chi connectivity index (χ3n) is 4.30. The molecule has 1 fully saturated rings. The van der Waals surface area contributed by atoms with E-state index in [4.69, 9.17) is 0 Å². The van der Waals surface area contributed by atoms with E-state index in [0.717, 1.165) is 30.6 Å². The predicted octanol–water partition coefficient (Wildman–Crippen LogP) is 2.74. The minimum Gasteiger partial charge on any atom is -0.308 e. The summed E-state index contributed by atoms with van der Waals surface area (Å²) in [6.45, 7) is 10.9. The highest BCUT2D eigenvalue weighted by Crippen LogP contribution is 2.31. The molecule has 3 heteroatoms. The lowest BCUT2D eigenvalue weighted by molar-refractivity contribution is 0.365. The van der Waals surface area contributed by atoms with Crippen molar-refractivity contribution in [2.45, 2.75) is 59.7 Å². The van der Waals surface area contributed by atoms with Crippen LogP contribution in [0.3, 0.4) is 0 Å². The molecular formula is C14H25N3. The van der Waals surface area contributed by atoms with Gasteiger partial charge in [-0.3, -0.25) is 4.68 Å². The molecular weight excluding hydrogens is 210 g/mol. The van der Waals surface area contributed by atoms with E-state index in [1.54, 1.807) is 0 Å². The molecule has 3 atom stereocenters. The van der Waals surface area contributed by atoms with Gasteiger partial charge in [0.25, 0.3) is 0 Å². The van der Waals surface area contributed by atoms with Crippen molar-refractivity contribution < 1.29 is 0 Å². The van der Waals surface area contributed by atoms with E-state index < -0.39 is 0 Å². The molecule has 1 aliphatic rings. The van der Waals surface area contributed by atoms with Crippen LogP contribution in [-0.4, -0.2) is 15.8 Å². The summed E-state index contributed by atoms with van der Waals surface area (Å²) in [5.74, 6) is 1.67. The highest BCUT2D eigenvalue weighted by Gasteiger charge is 2.29. The third-order valence-corrected chi connectivity index (χ3v) is 4.30. The van der Waals surface area contributed by atoms with E-state index >= 15 is 0 Å². The van der Waals surface area contributed by atoms with Gasteiger partial charge in [0.05, 0.1) is 11.4 Å². The first kappa shape index (κ1) is 12.6. The van der Waals surface area contributed by atoms with Gasteiger partial charge in [-0.1, -0.05) is 13.8 Å². The monoisotopic (exact) mass is 235 g/mol. The van der Waals surface area contributed by atoms with Crippen molar-refractivity contribution in [3.63, 3.8) is 0 Å². The van der Waals surface area contributed by atoms with E-state index in [9.17, 15) is 0 Å². The van der Waals surface area contributed by atoms with Crippen molar-refractivity contribution in [3.05, 3.63) is 17.5 Å². The summed E-state index contributed by atoms with van der Waals surface area (Å²) in [4.78, 5) is 0. The van der Waals surface area contributed by atoms with E-state index in [-0.39, 0.29) is 0 Å². The first-order chi connectivity index (χ1) is 8.11. The lowest BCUT2D eigenvalue weighted by atomic mass is 9.98. The zero-order chi connectivity index (χ0) is 12.4. The van der Waals surface area contributed by atoms with Crippen LogP contribution in [0.2, 0.25) is 0 Å². The summed E-state index contributed by atoms with van der Waals surface area (Å²) < 4.78 is 2.10.